The summed E-state index contributed by atoms with van der Waals surface area (Å²) in [5.41, 5.74) is 2.26. The third-order valence-corrected chi connectivity index (χ3v) is 18.6. The molecule has 4 atom stereocenters. The number of carbonyl (C=O) groups is 10. The lowest BCUT2D eigenvalue weighted by Crippen LogP contribution is -2.44. The minimum atomic E-state index is -2.04. The molecule has 5 heterocycles. The number of Topliss-reactive ketones (excluding diaryl/α,β-unsaturated/α-hetero) is 3. The molecule has 22 heteroatoms. The second-order valence-electron chi connectivity index (χ2n) is 23.1. The van der Waals surface area contributed by atoms with Gasteiger partial charge in [-0.15, -0.1) is 11.8 Å². The fourth-order valence-electron chi connectivity index (χ4n) is 12.6. The van der Waals surface area contributed by atoms with Crippen LogP contribution in [0.4, 0.5) is 4.39 Å². The number of aromatic nitrogens is 2. The predicted octanol–water partition coefficient (Wildman–Crippen LogP) is 5.50. The normalized spacial score (nSPS) is 20.7. The average molecular weight is 1190 g/mol. The van der Waals surface area contributed by atoms with E-state index in [-0.39, 0.29) is 137 Å². The summed E-state index contributed by atoms with van der Waals surface area (Å²) in [6.45, 7) is 5.22. The van der Waals surface area contributed by atoms with Crippen molar-refractivity contribution >= 4 is 81.4 Å². The molecule has 5 aliphatic rings. The molecule has 1 unspecified atom stereocenters. The summed E-state index contributed by atoms with van der Waals surface area (Å²) in [7, 11) is 0. The summed E-state index contributed by atoms with van der Waals surface area (Å²) >= 11 is 1.23. The number of pyridine rings is 2. The predicted molar refractivity (Wildman–Crippen MR) is 312 cm³/mol. The first kappa shape index (κ1) is 62.1. The minimum absolute atomic E-state index is 0.00713. The van der Waals surface area contributed by atoms with Crippen LogP contribution in [0.15, 0.2) is 47.3 Å². The first-order chi connectivity index (χ1) is 40.8. The van der Waals surface area contributed by atoms with E-state index in [4.69, 9.17) is 9.72 Å². The third kappa shape index (κ3) is 14.0. The zero-order valence-corrected chi connectivity index (χ0v) is 49.2. The molecule has 3 aliphatic heterocycles. The van der Waals surface area contributed by atoms with Crippen LogP contribution in [-0.2, 0) is 84.3 Å². The lowest BCUT2D eigenvalue weighted by Gasteiger charge is -2.31. The number of rotatable bonds is 27. The molecular formula is C63H74FN7O13S. The Bertz CT molecular complexity index is 3400. The molecule has 0 bridgehead atoms. The number of nitrogens with one attached hydrogen (secondary N) is 4. The monoisotopic (exact) mass is 1190 g/mol. The van der Waals surface area contributed by atoms with Crippen LogP contribution in [0.2, 0.25) is 0 Å². The van der Waals surface area contributed by atoms with E-state index in [1.807, 2.05) is 13.0 Å². The maximum absolute atomic E-state index is 15.4. The molecule has 5 N–H and O–H groups in total. The van der Waals surface area contributed by atoms with Gasteiger partial charge in [0.25, 0.3) is 5.56 Å². The molecule has 1 saturated carbocycles. The van der Waals surface area contributed by atoms with Crippen molar-refractivity contribution in [2.45, 2.75) is 172 Å². The Hall–Kier alpha value is -7.46. The summed E-state index contributed by atoms with van der Waals surface area (Å²) < 4.78 is 22.2. The summed E-state index contributed by atoms with van der Waals surface area (Å²) in [6, 6.07) is 10.4. The van der Waals surface area contributed by atoms with E-state index in [0.29, 0.717) is 70.6 Å². The number of hydrogen-bond acceptors (Lipinski definition) is 15. The average Bonchev–Trinajstić information content (AvgIpc) is 1.68. The number of ether oxygens (including phenoxy) is 1. The zero-order valence-electron chi connectivity index (χ0n) is 48.4. The van der Waals surface area contributed by atoms with Crippen molar-refractivity contribution < 1.29 is 62.2 Å². The fourth-order valence-corrected chi connectivity index (χ4v) is 13.7. The Morgan fingerprint density at radius 2 is 1.59 bits per heavy atom. The number of nitrogens with zero attached hydrogens (tertiary/aromatic N) is 3. The Morgan fingerprint density at radius 3 is 2.33 bits per heavy atom. The Labute approximate surface area is 495 Å². The molecule has 9 rings (SSSR count). The van der Waals surface area contributed by atoms with Crippen LogP contribution in [0.5, 0.6) is 0 Å². The molecule has 4 aromatic rings. The number of halogens is 1. The van der Waals surface area contributed by atoms with E-state index in [2.05, 4.69) is 21.3 Å². The van der Waals surface area contributed by atoms with Gasteiger partial charge in [0.05, 0.1) is 52.9 Å². The number of amides is 6. The van der Waals surface area contributed by atoms with E-state index >= 15 is 4.39 Å². The lowest BCUT2D eigenvalue weighted by atomic mass is 9.79. The molecule has 6 amide bonds. The summed E-state index contributed by atoms with van der Waals surface area (Å²) in [5.74, 6) is -3.57. The second-order valence-corrected chi connectivity index (χ2v) is 24.4. The second kappa shape index (κ2) is 27.3. The van der Waals surface area contributed by atoms with E-state index in [9.17, 15) is 57.8 Å². The Morgan fingerprint density at radius 1 is 0.847 bits per heavy atom. The van der Waals surface area contributed by atoms with E-state index in [1.54, 1.807) is 44.2 Å². The quantitative estimate of drug-likeness (QED) is 0.0247. The van der Waals surface area contributed by atoms with Gasteiger partial charge in [0, 0.05) is 98.7 Å². The van der Waals surface area contributed by atoms with E-state index < -0.39 is 69.6 Å². The van der Waals surface area contributed by atoms with Gasteiger partial charge in [-0.2, -0.15) is 0 Å². The van der Waals surface area contributed by atoms with Gasteiger partial charge >= 0.3 is 5.97 Å². The number of aryl methyl sites for hydroxylation is 1. The van der Waals surface area contributed by atoms with Crippen LogP contribution < -0.4 is 26.8 Å². The molecule has 1 saturated heterocycles. The molecule has 2 fully saturated rings. The first-order valence-corrected chi connectivity index (χ1v) is 30.8. The summed E-state index contributed by atoms with van der Waals surface area (Å²) in [6.07, 6.45) is 5.00. The number of fused-ring (bicyclic) bond motifs is 5. The van der Waals surface area contributed by atoms with Gasteiger partial charge in [0.2, 0.25) is 35.4 Å². The van der Waals surface area contributed by atoms with Gasteiger partial charge in [0.15, 0.2) is 17.2 Å². The van der Waals surface area contributed by atoms with Crippen molar-refractivity contribution in [1.29, 1.82) is 0 Å². The standard InChI is InChI=1S/C63H74FN7O13S/c1-4-10-49(73)38-16-14-37(15-17-38)32-71-56(79)30-51(61(71)81)85-26-24-53(76)66-31-39(72)18-22-55(78)68-46(27-36-11-7-6-8-12-36)50(74)21-23-52(75)65-25-9-13-54(77)67-45-20-19-40-35(3)44(64)29-47-57(40)58(45)41-33-70-48(59(41)69-47)28-43-42(60(70)80)34-84-62(82)63(43,83)5-2/h6-8,11-12,28-29,37-38,45-46,51,83H,4-5,9-10,13-27,30-34H2,1-3H3,(H,65,75)(H,66,76)(H,67,77)(H,68,78)/t37?,38?,45-,46-,51?,63-/m0/s1. The Kier molecular flexibility index (Phi) is 19.9. The van der Waals surface area contributed by atoms with Gasteiger partial charge in [0.1, 0.15) is 18.2 Å². The number of thioether (sulfide) groups is 1. The van der Waals surface area contributed by atoms with Gasteiger partial charge in [-0.25, -0.2) is 14.2 Å². The van der Waals surface area contributed by atoms with Gasteiger partial charge in [-0.1, -0.05) is 44.2 Å². The maximum atomic E-state index is 15.4. The minimum Gasteiger partial charge on any atom is -0.458 e. The molecule has 452 valence electrons. The Balaban J connectivity index is 0.705. The topological polar surface area (TPSA) is 286 Å². The number of likely N-dealkylation sites (tertiary alicyclic amines) is 1. The van der Waals surface area contributed by atoms with E-state index in [1.165, 1.54) is 27.3 Å². The molecule has 2 aromatic heterocycles. The number of hydrogen-bond donors (Lipinski definition) is 5. The van der Waals surface area contributed by atoms with Crippen molar-refractivity contribution in [3.05, 3.63) is 97.6 Å². The molecule has 85 heavy (non-hydrogen) atoms. The van der Waals surface area contributed by atoms with Crippen molar-refractivity contribution in [2.75, 3.05) is 25.4 Å². The van der Waals surface area contributed by atoms with Crippen molar-refractivity contribution in [2.24, 2.45) is 11.8 Å². The van der Waals surface area contributed by atoms with E-state index in [0.717, 1.165) is 43.2 Å². The third-order valence-electron chi connectivity index (χ3n) is 17.4. The number of carbonyl (C=O) groups excluding carboxylic acids is 10. The lowest BCUT2D eigenvalue weighted by molar-refractivity contribution is -0.172. The number of aliphatic hydroxyl groups is 1. The smallest absolute Gasteiger partial charge is 0.343 e. The highest BCUT2D eigenvalue weighted by Gasteiger charge is 2.46. The highest BCUT2D eigenvalue weighted by molar-refractivity contribution is 8.00. The summed E-state index contributed by atoms with van der Waals surface area (Å²) in [4.78, 5) is 150. The molecule has 2 aliphatic carbocycles. The van der Waals surface area contributed by atoms with Crippen molar-refractivity contribution in [3.8, 4) is 11.4 Å². The zero-order chi connectivity index (χ0) is 60.7. The fraction of sp³-hybridized carbons (Fsp3) is 0.524. The maximum Gasteiger partial charge on any atom is 0.343 e. The first-order valence-electron chi connectivity index (χ1n) is 29.8. The van der Waals surface area contributed by atoms with Crippen LogP contribution in [-0.4, -0.2) is 115 Å². The van der Waals surface area contributed by atoms with Gasteiger partial charge in [-0.3, -0.25) is 52.8 Å². The number of cyclic esters (lactones) is 1. The highest BCUT2D eigenvalue weighted by atomic mass is 32.2. The van der Waals surface area contributed by atoms with Crippen LogP contribution >= 0.6 is 11.8 Å². The molecule has 0 radical (unpaired) electrons. The van der Waals surface area contributed by atoms with Gasteiger partial charge in [-0.05, 0) is 105 Å². The number of ketones is 3. The largest absolute Gasteiger partial charge is 0.458 e. The molecular weight excluding hydrogens is 1110 g/mol. The number of benzene rings is 2. The van der Waals surface area contributed by atoms with Crippen molar-refractivity contribution in [1.82, 2.24) is 35.7 Å². The SMILES string of the molecule is CCCC(=O)C1CCC(CN2C(=O)CC(SCCC(=O)NCC(=O)CCC(=O)N[C@@H](Cc3ccccc3)C(=O)CCC(=O)NCCCC(=O)N[C@H]3CCc4c(C)c(F)cc5nc6c(c3c45)Cn3c-6cc4c(c3=O)COC(=O)[C@]4(O)CC)C2=O)CC1. The molecule has 2 aromatic carbocycles. The molecule has 20 nitrogen and oxygen atoms in total. The van der Waals surface area contributed by atoms with Crippen LogP contribution in [0.1, 0.15) is 162 Å². The number of esters is 1. The summed E-state index contributed by atoms with van der Waals surface area (Å²) in [5, 5.41) is 22.7. The van der Waals surface area contributed by atoms with Crippen molar-refractivity contribution in [3.63, 3.8) is 0 Å². The number of imide groups is 1. The van der Waals surface area contributed by atoms with Crippen LogP contribution in [0.3, 0.4) is 0 Å². The molecule has 0 spiro atoms. The van der Waals surface area contributed by atoms with Gasteiger partial charge < -0.3 is 35.7 Å². The van der Waals surface area contributed by atoms with Crippen LogP contribution in [0, 0.1) is 24.6 Å². The highest BCUT2D eigenvalue weighted by Crippen LogP contribution is 2.46. The van der Waals surface area contributed by atoms with Crippen LogP contribution in [0.25, 0.3) is 22.3 Å².